The van der Waals surface area contributed by atoms with Crippen LogP contribution in [0.2, 0.25) is 0 Å². The molecule has 5 heteroatoms. The van der Waals surface area contributed by atoms with Gasteiger partial charge in [-0.05, 0) is 0 Å². The standard InChI is InChI=1S/C6H4N4.Na.H/c7-2-1-6(10)5(3-8)4-9;;/h1,10H2;;/q;+1;-1. The third-order valence-electron chi connectivity index (χ3n) is 0.814. The van der Waals surface area contributed by atoms with Crippen molar-refractivity contribution in [2.24, 2.45) is 5.73 Å². The SMILES string of the molecule is N#CCC(N)=C(C#N)C#N.[H-].[Na+]. The molecule has 0 fully saturated rings. The molecular weight excluding hydrogens is 151 g/mol. The third-order valence-corrected chi connectivity index (χ3v) is 0.814. The number of rotatable bonds is 1. The quantitative estimate of drug-likeness (QED) is 0.329. The Morgan fingerprint density at radius 3 is 2.00 bits per heavy atom. The first kappa shape index (κ1) is 12.7. The smallest absolute Gasteiger partial charge is 1.00 e. The van der Waals surface area contributed by atoms with E-state index in [2.05, 4.69) is 0 Å². The van der Waals surface area contributed by atoms with Gasteiger partial charge < -0.3 is 7.16 Å². The summed E-state index contributed by atoms with van der Waals surface area (Å²) in [6.07, 6.45) is -0.0730. The Morgan fingerprint density at radius 2 is 1.73 bits per heavy atom. The normalized spacial score (nSPS) is 5.91. The maximum Gasteiger partial charge on any atom is 1.00 e. The van der Waals surface area contributed by atoms with Crippen LogP contribution in [0, 0.1) is 34.0 Å². The Kier molecular flexibility index (Phi) is 8.20. The van der Waals surface area contributed by atoms with Gasteiger partial charge in [-0.25, -0.2) is 0 Å². The number of nitrogens with two attached hydrogens (primary N) is 1. The summed E-state index contributed by atoms with van der Waals surface area (Å²) in [5.41, 5.74) is 5.02. The van der Waals surface area contributed by atoms with Crippen LogP contribution in [0.3, 0.4) is 0 Å². The Morgan fingerprint density at radius 1 is 1.27 bits per heavy atom. The first-order valence-corrected chi connectivity index (χ1v) is 2.42. The van der Waals surface area contributed by atoms with E-state index in [1.54, 1.807) is 18.2 Å². The average molecular weight is 156 g/mol. The van der Waals surface area contributed by atoms with Crippen molar-refractivity contribution in [2.75, 3.05) is 0 Å². The molecule has 0 atom stereocenters. The molecule has 0 radical (unpaired) electrons. The second-order valence-corrected chi connectivity index (χ2v) is 1.46. The summed E-state index contributed by atoms with van der Waals surface area (Å²) in [5.74, 6) is 0. The monoisotopic (exact) mass is 156 g/mol. The van der Waals surface area contributed by atoms with Gasteiger partial charge in [0.25, 0.3) is 0 Å². The van der Waals surface area contributed by atoms with E-state index in [9.17, 15) is 0 Å². The largest absolute Gasteiger partial charge is 1.00 e. The van der Waals surface area contributed by atoms with Crippen LogP contribution in [0.15, 0.2) is 11.3 Å². The molecule has 0 saturated heterocycles. The molecule has 0 unspecified atom stereocenters. The summed E-state index contributed by atoms with van der Waals surface area (Å²) < 4.78 is 0. The fraction of sp³-hybridized carbons (Fsp3) is 0.167. The molecule has 0 aromatic rings. The minimum atomic E-state index is -0.179. The molecule has 0 aromatic heterocycles. The number of hydrogen-bond donors (Lipinski definition) is 1. The van der Waals surface area contributed by atoms with Gasteiger partial charge in [0.05, 0.1) is 18.2 Å². The minimum Gasteiger partial charge on any atom is -1.00 e. The van der Waals surface area contributed by atoms with E-state index in [4.69, 9.17) is 21.5 Å². The average Bonchev–Trinajstić information content (AvgIpc) is 1.91. The van der Waals surface area contributed by atoms with Gasteiger partial charge >= 0.3 is 29.6 Å². The van der Waals surface area contributed by atoms with Gasteiger partial charge in [0.2, 0.25) is 0 Å². The van der Waals surface area contributed by atoms with Crippen molar-refractivity contribution in [1.82, 2.24) is 0 Å². The maximum absolute atomic E-state index is 8.20. The van der Waals surface area contributed by atoms with Crippen LogP contribution >= 0.6 is 0 Å². The number of allylic oxidation sites excluding steroid dienone is 2. The summed E-state index contributed by atoms with van der Waals surface area (Å²) in [6.45, 7) is 0. The van der Waals surface area contributed by atoms with Crippen molar-refractivity contribution < 1.29 is 31.0 Å². The molecule has 0 bridgehead atoms. The van der Waals surface area contributed by atoms with E-state index < -0.39 is 0 Å². The molecule has 0 aliphatic rings. The van der Waals surface area contributed by atoms with Crippen LogP contribution in [-0.2, 0) is 0 Å². The van der Waals surface area contributed by atoms with Crippen LogP contribution in [0.4, 0.5) is 0 Å². The van der Waals surface area contributed by atoms with Gasteiger partial charge in [-0.15, -0.1) is 0 Å². The van der Waals surface area contributed by atoms with Crippen molar-refractivity contribution in [3.63, 3.8) is 0 Å². The molecule has 0 heterocycles. The van der Waals surface area contributed by atoms with E-state index in [1.807, 2.05) is 0 Å². The van der Waals surface area contributed by atoms with E-state index >= 15 is 0 Å². The van der Waals surface area contributed by atoms with Crippen molar-refractivity contribution in [2.45, 2.75) is 6.42 Å². The number of nitriles is 3. The van der Waals surface area contributed by atoms with Crippen LogP contribution in [0.25, 0.3) is 0 Å². The minimum absolute atomic E-state index is 0. The Balaban J connectivity index is -0.000000405. The molecule has 0 aromatic carbocycles. The zero-order valence-electron chi connectivity index (χ0n) is 7.13. The molecule has 0 aliphatic carbocycles. The Hall–Kier alpha value is -0.990. The molecule has 11 heavy (non-hydrogen) atoms. The summed E-state index contributed by atoms with van der Waals surface area (Å²) in [6, 6.07) is 4.89. The van der Waals surface area contributed by atoms with E-state index in [1.165, 1.54) is 0 Å². The zero-order valence-corrected chi connectivity index (χ0v) is 8.13. The summed E-state index contributed by atoms with van der Waals surface area (Å²) in [7, 11) is 0. The third kappa shape index (κ3) is 4.42. The van der Waals surface area contributed by atoms with Crippen LogP contribution in [0.5, 0.6) is 0 Å². The second kappa shape index (κ2) is 7.12. The topological polar surface area (TPSA) is 97.4 Å². The van der Waals surface area contributed by atoms with Gasteiger partial charge in [0.1, 0.15) is 17.7 Å². The zero-order chi connectivity index (χ0) is 7.98. The van der Waals surface area contributed by atoms with Crippen LogP contribution in [-0.4, -0.2) is 0 Å². The summed E-state index contributed by atoms with van der Waals surface area (Å²) in [4.78, 5) is 0. The van der Waals surface area contributed by atoms with Gasteiger partial charge in [-0.3, -0.25) is 0 Å². The summed E-state index contributed by atoms with van der Waals surface area (Å²) >= 11 is 0. The van der Waals surface area contributed by atoms with Crippen molar-refractivity contribution >= 4 is 0 Å². The first-order valence-electron chi connectivity index (χ1n) is 2.42. The molecule has 0 spiro atoms. The predicted octanol–water partition coefficient (Wildman–Crippen LogP) is -2.72. The van der Waals surface area contributed by atoms with E-state index in [0.29, 0.717) is 0 Å². The van der Waals surface area contributed by atoms with Crippen molar-refractivity contribution in [3.8, 4) is 18.2 Å². The molecule has 2 N–H and O–H groups in total. The number of nitrogens with zero attached hydrogens (tertiary/aromatic N) is 3. The number of hydrogen-bond acceptors (Lipinski definition) is 4. The molecular formula is C6H5N4Na. The van der Waals surface area contributed by atoms with Crippen molar-refractivity contribution in [1.29, 1.82) is 15.8 Å². The molecule has 0 aliphatic heterocycles. The Bertz CT molecular complexity index is 261. The fourth-order valence-electron chi connectivity index (χ4n) is 0.342. The van der Waals surface area contributed by atoms with E-state index in [0.717, 1.165) is 0 Å². The van der Waals surface area contributed by atoms with Gasteiger partial charge in [0, 0.05) is 0 Å². The van der Waals surface area contributed by atoms with Gasteiger partial charge in [-0.1, -0.05) is 0 Å². The maximum atomic E-state index is 8.20. The Labute approximate surface area is 88.3 Å². The molecule has 0 amide bonds. The van der Waals surface area contributed by atoms with E-state index in [-0.39, 0.29) is 48.7 Å². The van der Waals surface area contributed by atoms with Crippen LogP contribution < -0.4 is 35.3 Å². The fourth-order valence-corrected chi connectivity index (χ4v) is 0.342. The van der Waals surface area contributed by atoms with Gasteiger partial charge in [-0.2, -0.15) is 15.8 Å². The molecule has 4 nitrogen and oxygen atoms in total. The van der Waals surface area contributed by atoms with Crippen LogP contribution in [0.1, 0.15) is 7.85 Å². The summed E-state index contributed by atoms with van der Waals surface area (Å²) in [5, 5.41) is 24.5. The predicted molar refractivity (Wildman–Crippen MR) is 33.8 cm³/mol. The molecule has 0 rings (SSSR count). The van der Waals surface area contributed by atoms with Gasteiger partial charge in [0.15, 0.2) is 0 Å². The second-order valence-electron chi connectivity index (χ2n) is 1.46. The molecule has 0 saturated carbocycles. The first-order chi connectivity index (χ1) is 4.76. The molecule has 50 valence electrons. The van der Waals surface area contributed by atoms with Crippen molar-refractivity contribution in [3.05, 3.63) is 11.3 Å².